The van der Waals surface area contributed by atoms with Crippen LogP contribution >= 0.6 is 0 Å². The molecule has 30 heavy (non-hydrogen) atoms. The number of hydrogen-bond donors (Lipinski definition) is 2. The fourth-order valence-corrected chi connectivity index (χ4v) is 2.81. The van der Waals surface area contributed by atoms with E-state index in [1.54, 1.807) is 36.5 Å². The third-order valence-corrected chi connectivity index (χ3v) is 4.27. The van der Waals surface area contributed by atoms with Crippen molar-refractivity contribution in [2.45, 2.75) is 40.0 Å². The van der Waals surface area contributed by atoms with E-state index >= 15 is 0 Å². The predicted octanol–water partition coefficient (Wildman–Crippen LogP) is 2.57. The van der Waals surface area contributed by atoms with Gasteiger partial charge in [0.15, 0.2) is 0 Å². The number of ether oxygens (including phenoxy) is 1. The first-order chi connectivity index (χ1) is 14.3. The van der Waals surface area contributed by atoms with Gasteiger partial charge in [-0.15, -0.1) is 0 Å². The van der Waals surface area contributed by atoms with E-state index in [2.05, 4.69) is 15.6 Å². The van der Waals surface area contributed by atoms with Gasteiger partial charge in [0.2, 0.25) is 0 Å². The predicted molar refractivity (Wildman–Crippen MR) is 112 cm³/mol. The van der Waals surface area contributed by atoms with Gasteiger partial charge in [-0.25, -0.2) is 14.6 Å². The van der Waals surface area contributed by atoms with Crippen molar-refractivity contribution in [3.8, 4) is 0 Å². The summed E-state index contributed by atoms with van der Waals surface area (Å²) in [7, 11) is 0. The molecule has 0 aliphatic rings. The van der Waals surface area contributed by atoms with Crippen molar-refractivity contribution in [3.63, 3.8) is 0 Å². The molecule has 0 atom stereocenters. The lowest BCUT2D eigenvalue weighted by Gasteiger charge is -2.10. The molecule has 3 rings (SSSR count). The Balaban J connectivity index is 1.58. The summed E-state index contributed by atoms with van der Waals surface area (Å²) in [6.45, 7) is 5.90. The topological polar surface area (TPSA) is 102 Å². The molecule has 8 nitrogen and oxygen atoms in total. The molecule has 0 unspecified atom stereocenters. The number of esters is 1. The van der Waals surface area contributed by atoms with Crippen LogP contribution in [0, 0.1) is 6.92 Å². The Morgan fingerprint density at radius 2 is 1.87 bits per heavy atom. The summed E-state index contributed by atoms with van der Waals surface area (Å²) in [4.78, 5) is 40.5. The molecule has 0 bridgehead atoms. The number of fused-ring (bicyclic) bond motifs is 1. The van der Waals surface area contributed by atoms with Gasteiger partial charge in [0.05, 0.1) is 11.3 Å². The van der Waals surface area contributed by atoms with Gasteiger partial charge < -0.3 is 15.4 Å². The van der Waals surface area contributed by atoms with E-state index in [9.17, 15) is 14.4 Å². The molecule has 156 valence electrons. The highest BCUT2D eigenvalue weighted by Crippen LogP contribution is 2.08. The normalized spacial score (nSPS) is 10.8. The van der Waals surface area contributed by atoms with Crippen molar-refractivity contribution >= 4 is 17.6 Å². The van der Waals surface area contributed by atoms with E-state index in [0.29, 0.717) is 23.4 Å². The summed E-state index contributed by atoms with van der Waals surface area (Å²) in [5, 5.41) is 5.48. The molecule has 0 saturated carbocycles. The maximum Gasteiger partial charge on any atom is 0.338 e. The fraction of sp³-hybridized carbons (Fsp3) is 0.273. The zero-order valence-electron chi connectivity index (χ0n) is 17.1. The van der Waals surface area contributed by atoms with Crippen molar-refractivity contribution in [1.29, 1.82) is 0 Å². The number of nitrogens with zero attached hydrogens (tertiary/aromatic N) is 2. The van der Waals surface area contributed by atoms with Crippen LogP contribution in [0.15, 0.2) is 53.5 Å². The summed E-state index contributed by atoms with van der Waals surface area (Å²) in [5.41, 5.74) is 2.83. The van der Waals surface area contributed by atoms with E-state index < -0.39 is 5.97 Å². The van der Waals surface area contributed by atoms with Gasteiger partial charge in [-0.05, 0) is 50.1 Å². The van der Waals surface area contributed by atoms with Crippen LogP contribution in [0.4, 0.5) is 4.79 Å². The largest absolute Gasteiger partial charge is 0.456 e. The maximum atomic E-state index is 12.3. The van der Waals surface area contributed by atoms with E-state index in [1.165, 1.54) is 10.5 Å². The molecule has 2 heterocycles. The molecule has 1 aromatic carbocycles. The van der Waals surface area contributed by atoms with Crippen LogP contribution in [0.3, 0.4) is 0 Å². The standard InChI is InChI=1S/C22H24N4O4/c1-14(2)24-22(29)23-11-16-5-7-17(8-6-16)21(28)30-13-18-10-20(27)26-12-15(3)4-9-19(26)25-18/h4-10,12,14H,11,13H2,1-3H3,(H2,23,24,29). The van der Waals surface area contributed by atoms with Gasteiger partial charge in [-0.3, -0.25) is 9.20 Å². The number of amides is 2. The molecule has 8 heteroatoms. The fourth-order valence-electron chi connectivity index (χ4n) is 2.81. The van der Waals surface area contributed by atoms with Crippen LogP contribution in [-0.2, 0) is 17.9 Å². The second-order valence-electron chi connectivity index (χ2n) is 7.28. The Morgan fingerprint density at radius 1 is 1.13 bits per heavy atom. The van der Waals surface area contributed by atoms with Crippen molar-refractivity contribution in [1.82, 2.24) is 20.0 Å². The van der Waals surface area contributed by atoms with Crippen LogP contribution < -0.4 is 16.2 Å². The number of urea groups is 1. The Kier molecular flexibility index (Phi) is 6.46. The van der Waals surface area contributed by atoms with Gasteiger partial charge >= 0.3 is 12.0 Å². The number of carbonyl (C=O) groups is 2. The molecule has 2 N–H and O–H groups in total. The Bertz CT molecular complexity index is 1120. The average Bonchev–Trinajstić information content (AvgIpc) is 2.71. The Hall–Kier alpha value is -3.68. The van der Waals surface area contributed by atoms with Crippen LogP contribution in [-0.4, -0.2) is 27.4 Å². The van der Waals surface area contributed by atoms with Gasteiger partial charge in [-0.2, -0.15) is 0 Å². The summed E-state index contributed by atoms with van der Waals surface area (Å²) in [6.07, 6.45) is 1.71. The molecule has 0 radical (unpaired) electrons. The minimum Gasteiger partial charge on any atom is -0.456 e. The monoisotopic (exact) mass is 408 g/mol. The molecule has 0 saturated heterocycles. The number of aryl methyl sites for hydroxylation is 1. The Labute approximate surface area is 173 Å². The summed E-state index contributed by atoms with van der Waals surface area (Å²) < 4.78 is 6.75. The smallest absolute Gasteiger partial charge is 0.338 e. The molecular weight excluding hydrogens is 384 g/mol. The quantitative estimate of drug-likeness (QED) is 0.611. The van der Waals surface area contributed by atoms with E-state index in [0.717, 1.165) is 11.1 Å². The number of rotatable bonds is 6. The molecular formula is C22H24N4O4. The summed E-state index contributed by atoms with van der Waals surface area (Å²) in [6, 6.07) is 11.5. The van der Waals surface area contributed by atoms with E-state index in [-0.39, 0.29) is 24.2 Å². The highest BCUT2D eigenvalue weighted by atomic mass is 16.5. The first-order valence-corrected chi connectivity index (χ1v) is 9.61. The number of benzene rings is 1. The lowest BCUT2D eigenvalue weighted by molar-refractivity contribution is 0.0467. The molecule has 0 fully saturated rings. The Morgan fingerprint density at radius 3 is 2.57 bits per heavy atom. The zero-order chi connectivity index (χ0) is 21.7. The van der Waals surface area contributed by atoms with Crippen molar-refractivity contribution in [2.24, 2.45) is 0 Å². The van der Waals surface area contributed by atoms with Crippen molar-refractivity contribution < 1.29 is 14.3 Å². The second kappa shape index (κ2) is 9.21. The average molecular weight is 408 g/mol. The van der Waals surface area contributed by atoms with Crippen molar-refractivity contribution in [3.05, 3.63) is 81.4 Å². The van der Waals surface area contributed by atoms with Gasteiger partial charge in [0, 0.05) is 24.8 Å². The summed E-state index contributed by atoms with van der Waals surface area (Å²) in [5.74, 6) is -0.516. The number of pyridine rings is 1. The molecule has 2 aromatic heterocycles. The lowest BCUT2D eigenvalue weighted by Crippen LogP contribution is -2.39. The van der Waals surface area contributed by atoms with Crippen LogP contribution in [0.5, 0.6) is 0 Å². The molecule has 3 aromatic rings. The number of hydrogen-bond acceptors (Lipinski definition) is 5. The molecule has 0 spiro atoms. The zero-order valence-corrected chi connectivity index (χ0v) is 17.1. The van der Waals surface area contributed by atoms with Gasteiger partial charge in [-0.1, -0.05) is 18.2 Å². The van der Waals surface area contributed by atoms with Crippen LogP contribution in [0.25, 0.3) is 5.65 Å². The second-order valence-corrected chi connectivity index (χ2v) is 7.28. The third kappa shape index (κ3) is 5.44. The highest BCUT2D eigenvalue weighted by Gasteiger charge is 2.10. The first-order valence-electron chi connectivity index (χ1n) is 9.61. The van der Waals surface area contributed by atoms with Crippen LogP contribution in [0.1, 0.15) is 41.0 Å². The molecule has 0 aliphatic carbocycles. The minimum atomic E-state index is -0.516. The van der Waals surface area contributed by atoms with Crippen molar-refractivity contribution in [2.75, 3.05) is 0 Å². The first kappa shape index (κ1) is 21.0. The highest BCUT2D eigenvalue weighted by molar-refractivity contribution is 5.89. The van der Waals surface area contributed by atoms with Gasteiger partial charge in [0.1, 0.15) is 12.3 Å². The molecule has 0 aliphatic heterocycles. The SMILES string of the molecule is Cc1ccc2nc(COC(=O)c3ccc(CNC(=O)NC(C)C)cc3)cc(=O)n2c1. The number of nitrogens with one attached hydrogen (secondary N) is 2. The maximum absolute atomic E-state index is 12.3. The minimum absolute atomic E-state index is 0.0552. The number of aromatic nitrogens is 2. The van der Waals surface area contributed by atoms with E-state index in [1.807, 2.05) is 26.8 Å². The van der Waals surface area contributed by atoms with Gasteiger partial charge in [0.25, 0.3) is 5.56 Å². The lowest BCUT2D eigenvalue weighted by atomic mass is 10.1. The number of carbonyl (C=O) groups excluding carboxylic acids is 2. The molecule has 2 amide bonds. The summed E-state index contributed by atoms with van der Waals surface area (Å²) >= 11 is 0. The third-order valence-electron chi connectivity index (χ3n) is 4.27. The van der Waals surface area contributed by atoms with Crippen LogP contribution in [0.2, 0.25) is 0 Å². The van der Waals surface area contributed by atoms with E-state index in [4.69, 9.17) is 4.74 Å².